The molecule has 9 heteroatoms. The molecule has 0 saturated carbocycles. The Labute approximate surface area is 196 Å². The van der Waals surface area contributed by atoms with E-state index in [4.69, 9.17) is 10.1 Å². The van der Waals surface area contributed by atoms with E-state index in [-0.39, 0.29) is 17.1 Å². The van der Waals surface area contributed by atoms with E-state index < -0.39 is 0 Å². The molecule has 4 aromatic rings. The first-order valence-electron chi connectivity index (χ1n) is 10.6. The lowest BCUT2D eigenvalue weighted by Crippen LogP contribution is -2.32. The standard InChI is InChI=1S/C24H26N6O2S/c1-5-29(17-9-6-8-15(2)12-17)20(31)14-33-24-26-23-21(16(3)27-28-23)22(25)30(24)18-10-7-11-19(13-18)32-4/h6-13,25H,5,14H2,1-4H3,(H,27,28). The van der Waals surface area contributed by atoms with Gasteiger partial charge in [0.1, 0.15) is 11.2 Å². The Hall–Kier alpha value is -3.59. The molecule has 0 saturated heterocycles. The number of nitrogens with zero attached hydrogens (tertiary/aromatic N) is 4. The van der Waals surface area contributed by atoms with Crippen molar-refractivity contribution in [2.24, 2.45) is 0 Å². The molecule has 0 unspecified atom stereocenters. The van der Waals surface area contributed by atoms with E-state index in [0.717, 1.165) is 22.6 Å². The minimum Gasteiger partial charge on any atom is -0.497 e. The van der Waals surface area contributed by atoms with E-state index in [1.54, 1.807) is 16.6 Å². The lowest BCUT2D eigenvalue weighted by Gasteiger charge is -2.21. The maximum absolute atomic E-state index is 13.1. The van der Waals surface area contributed by atoms with E-state index in [0.29, 0.717) is 28.5 Å². The van der Waals surface area contributed by atoms with Gasteiger partial charge < -0.3 is 9.64 Å². The third-order valence-electron chi connectivity index (χ3n) is 5.35. The number of rotatable bonds is 7. The summed E-state index contributed by atoms with van der Waals surface area (Å²) in [4.78, 5) is 19.6. The molecule has 0 aliphatic rings. The van der Waals surface area contributed by atoms with E-state index in [9.17, 15) is 4.79 Å². The van der Waals surface area contributed by atoms with Crippen LogP contribution in [0, 0.1) is 19.3 Å². The largest absolute Gasteiger partial charge is 0.497 e. The number of aromatic amines is 1. The number of aryl methyl sites for hydroxylation is 2. The van der Waals surface area contributed by atoms with Crippen LogP contribution in [0.1, 0.15) is 18.2 Å². The van der Waals surface area contributed by atoms with Crippen LogP contribution in [0.25, 0.3) is 16.7 Å². The number of benzene rings is 2. The van der Waals surface area contributed by atoms with Gasteiger partial charge in [-0.3, -0.25) is 19.9 Å². The Morgan fingerprint density at radius 3 is 2.73 bits per heavy atom. The number of aromatic nitrogens is 4. The van der Waals surface area contributed by atoms with E-state index in [1.165, 1.54) is 11.8 Å². The van der Waals surface area contributed by atoms with Crippen molar-refractivity contribution < 1.29 is 9.53 Å². The summed E-state index contributed by atoms with van der Waals surface area (Å²) in [5.41, 5.74) is 4.18. The molecule has 2 N–H and O–H groups in total. The topological polar surface area (TPSA) is 99.9 Å². The first-order valence-corrected chi connectivity index (χ1v) is 11.6. The van der Waals surface area contributed by atoms with Crippen LogP contribution in [-0.4, -0.2) is 45.1 Å². The number of methoxy groups -OCH3 is 1. The number of hydrogen-bond donors (Lipinski definition) is 2. The molecule has 2 aromatic heterocycles. The third kappa shape index (κ3) is 4.49. The number of fused-ring (bicyclic) bond motifs is 1. The Morgan fingerprint density at radius 1 is 1.21 bits per heavy atom. The van der Waals surface area contributed by atoms with Crippen LogP contribution in [0.2, 0.25) is 0 Å². The second-order valence-corrected chi connectivity index (χ2v) is 8.54. The van der Waals surface area contributed by atoms with Crippen LogP contribution in [0.3, 0.4) is 0 Å². The van der Waals surface area contributed by atoms with E-state index in [2.05, 4.69) is 15.2 Å². The monoisotopic (exact) mass is 462 g/mol. The van der Waals surface area contributed by atoms with Crippen molar-refractivity contribution in [2.75, 3.05) is 24.3 Å². The zero-order chi connectivity index (χ0) is 23.5. The molecule has 2 heterocycles. The highest BCUT2D eigenvalue weighted by Crippen LogP contribution is 2.25. The van der Waals surface area contributed by atoms with Crippen LogP contribution in [0.5, 0.6) is 5.75 Å². The van der Waals surface area contributed by atoms with Crippen molar-refractivity contribution in [1.82, 2.24) is 19.7 Å². The number of carbonyl (C=O) groups excluding carboxylic acids is 1. The number of amides is 1. The molecule has 1 amide bonds. The number of nitrogens with one attached hydrogen (secondary N) is 2. The molecule has 0 aliphatic carbocycles. The summed E-state index contributed by atoms with van der Waals surface area (Å²) in [7, 11) is 1.60. The summed E-state index contributed by atoms with van der Waals surface area (Å²) in [6.45, 7) is 6.39. The molecule has 2 aromatic carbocycles. The van der Waals surface area contributed by atoms with Crippen molar-refractivity contribution in [3.63, 3.8) is 0 Å². The van der Waals surface area contributed by atoms with Crippen molar-refractivity contribution in [3.05, 3.63) is 65.3 Å². The summed E-state index contributed by atoms with van der Waals surface area (Å²) < 4.78 is 7.10. The van der Waals surface area contributed by atoms with Crippen LogP contribution >= 0.6 is 11.8 Å². The molecule has 0 radical (unpaired) electrons. The Balaban J connectivity index is 1.72. The highest BCUT2D eigenvalue weighted by atomic mass is 32.2. The van der Waals surface area contributed by atoms with Gasteiger partial charge in [0.25, 0.3) is 0 Å². The summed E-state index contributed by atoms with van der Waals surface area (Å²) in [6, 6.07) is 15.3. The summed E-state index contributed by atoms with van der Waals surface area (Å²) >= 11 is 1.29. The van der Waals surface area contributed by atoms with Gasteiger partial charge in [-0.1, -0.05) is 30.0 Å². The second-order valence-electron chi connectivity index (χ2n) is 7.59. The third-order valence-corrected chi connectivity index (χ3v) is 6.27. The van der Waals surface area contributed by atoms with Gasteiger partial charge in [0, 0.05) is 24.0 Å². The number of hydrogen-bond acceptors (Lipinski definition) is 6. The summed E-state index contributed by atoms with van der Waals surface area (Å²) in [5, 5.41) is 17.2. The molecular formula is C24H26N6O2S. The van der Waals surface area contributed by atoms with Crippen LogP contribution < -0.4 is 15.1 Å². The van der Waals surface area contributed by atoms with Gasteiger partial charge in [-0.15, -0.1) is 0 Å². The first kappa shape index (κ1) is 22.6. The number of thioether (sulfide) groups is 1. The quantitative estimate of drug-likeness (QED) is 0.319. The lowest BCUT2D eigenvalue weighted by molar-refractivity contribution is -0.116. The maximum Gasteiger partial charge on any atom is 0.237 e. The Bertz CT molecular complexity index is 1380. The molecule has 0 atom stereocenters. The molecule has 33 heavy (non-hydrogen) atoms. The molecule has 4 rings (SSSR count). The predicted octanol–water partition coefficient (Wildman–Crippen LogP) is 4.00. The SMILES string of the molecule is CCN(C(=O)CSc1nc2n[nH]c(C)c2c(=N)n1-c1cccc(OC)c1)c1cccc(C)c1. The average molecular weight is 463 g/mol. The number of H-pyrrole nitrogens is 1. The average Bonchev–Trinajstić information content (AvgIpc) is 3.19. The normalized spacial score (nSPS) is 11.0. The highest BCUT2D eigenvalue weighted by molar-refractivity contribution is 7.99. The lowest BCUT2D eigenvalue weighted by atomic mass is 10.2. The smallest absolute Gasteiger partial charge is 0.237 e. The van der Waals surface area contributed by atoms with Gasteiger partial charge in [0.15, 0.2) is 10.8 Å². The molecular weight excluding hydrogens is 436 g/mol. The van der Waals surface area contributed by atoms with Gasteiger partial charge in [0.2, 0.25) is 5.91 Å². The van der Waals surface area contributed by atoms with Crippen LogP contribution in [-0.2, 0) is 4.79 Å². The maximum atomic E-state index is 13.1. The highest BCUT2D eigenvalue weighted by Gasteiger charge is 2.19. The van der Waals surface area contributed by atoms with E-state index >= 15 is 0 Å². The molecule has 170 valence electrons. The molecule has 0 bridgehead atoms. The van der Waals surface area contributed by atoms with Crippen LogP contribution in [0.4, 0.5) is 5.69 Å². The number of carbonyl (C=O) groups is 1. The fourth-order valence-electron chi connectivity index (χ4n) is 3.72. The number of anilines is 1. The first-order chi connectivity index (χ1) is 15.9. The van der Waals surface area contributed by atoms with E-state index in [1.807, 2.05) is 69.3 Å². The van der Waals surface area contributed by atoms with Gasteiger partial charge in [-0.2, -0.15) is 5.10 Å². The second kappa shape index (κ2) is 9.50. The van der Waals surface area contributed by atoms with Crippen LogP contribution in [0.15, 0.2) is 53.7 Å². The van der Waals surface area contributed by atoms with Gasteiger partial charge >= 0.3 is 0 Å². The molecule has 0 spiro atoms. The molecule has 8 nitrogen and oxygen atoms in total. The minimum absolute atomic E-state index is 0.0306. The zero-order valence-corrected chi connectivity index (χ0v) is 19.9. The zero-order valence-electron chi connectivity index (χ0n) is 19.0. The van der Waals surface area contributed by atoms with Crippen molar-refractivity contribution in [3.8, 4) is 11.4 Å². The van der Waals surface area contributed by atoms with Gasteiger partial charge in [-0.05, 0) is 50.6 Å². The van der Waals surface area contributed by atoms with Crippen molar-refractivity contribution in [1.29, 1.82) is 5.41 Å². The van der Waals surface area contributed by atoms with Gasteiger partial charge in [0.05, 0.1) is 23.9 Å². The fraction of sp³-hybridized carbons (Fsp3) is 0.250. The molecule has 0 aliphatic heterocycles. The van der Waals surface area contributed by atoms with Crippen molar-refractivity contribution >= 4 is 34.4 Å². The summed E-state index contributed by atoms with van der Waals surface area (Å²) in [5.74, 6) is 0.816. The van der Waals surface area contributed by atoms with Gasteiger partial charge in [-0.25, -0.2) is 4.98 Å². The predicted molar refractivity (Wildman–Crippen MR) is 130 cm³/mol. The number of ether oxygens (including phenoxy) is 1. The Morgan fingerprint density at radius 2 is 2.00 bits per heavy atom. The minimum atomic E-state index is -0.0306. The fourth-order valence-corrected chi connectivity index (χ4v) is 4.60. The van der Waals surface area contributed by atoms with Crippen molar-refractivity contribution in [2.45, 2.75) is 25.9 Å². The Kier molecular flexibility index (Phi) is 6.50. The summed E-state index contributed by atoms with van der Waals surface area (Å²) in [6.07, 6.45) is 0. The molecule has 0 fully saturated rings.